The first-order chi connectivity index (χ1) is 11.1. The highest BCUT2D eigenvalue weighted by Crippen LogP contribution is 2.16. The van der Waals surface area contributed by atoms with Crippen molar-refractivity contribution in [3.05, 3.63) is 65.0 Å². The van der Waals surface area contributed by atoms with Crippen LogP contribution in [0.25, 0.3) is 0 Å². The Labute approximate surface area is 135 Å². The zero-order valence-electron chi connectivity index (χ0n) is 13.4. The maximum Gasteiger partial charge on any atom is 0.315 e. The van der Waals surface area contributed by atoms with Crippen LogP contribution in [0.5, 0.6) is 5.75 Å². The van der Waals surface area contributed by atoms with Crippen LogP contribution in [-0.4, -0.2) is 19.2 Å². The number of amides is 2. The number of urea groups is 1. The molecule has 0 radical (unpaired) electrons. The summed E-state index contributed by atoms with van der Waals surface area (Å²) in [6.07, 6.45) is 0. The van der Waals surface area contributed by atoms with Gasteiger partial charge in [0, 0.05) is 12.1 Å². The molecule has 0 aliphatic heterocycles. The minimum absolute atomic E-state index is 0.149. The topological polar surface area (TPSA) is 50.4 Å². The van der Waals surface area contributed by atoms with Crippen LogP contribution in [0.2, 0.25) is 0 Å². The fourth-order valence-electron chi connectivity index (χ4n) is 2.02. The predicted octanol–water partition coefficient (Wildman–Crippen LogP) is 3.32. The highest BCUT2D eigenvalue weighted by molar-refractivity contribution is 5.73. The Morgan fingerprint density at radius 1 is 1.09 bits per heavy atom. The predicted molar refractivity (Wildman–Crippen MR) is 88.0 cm³/mol. The molecule has 0 atom stereocenters. The van der Waals surface area contributed by atoms with Crippen molar-refractivity contribution in [2.24, 2.45) is 0 Å². The molecule has 0 saturated heterocycles. The summed E-state index contributed by atoms with van der Waals surface area (Å²) in [6, 6.07) is 11.9. The lowest BCUT2D eigenvalue weighted by atomic mass is 10.1. The molecule has 2 amide bonds. The van der Waals surface area contributed by atoms with E-state index in [0.29, 0.717) is 18.7 Å². The Bertz CT molecular complexity index is 674. The largest absolute Gasteiger partial charge is 0.492 e. The molecule has 2 N–H and O–H groups in total. The second-order valence-corrected chi connectivity index (χ2v) is 5.30. The van der Waals surface area contributed by atoms with Crippen LogP contribution in [0.4, 0.5) is 9.18 Å². The van der Waals surface area contributed by atoms with Gasteiger partial charge < -0.3 is 15.4 Å². The van der Waals surface area contributed by atoms with Gasteiger partial charge in [-0.05, 0) is 43.2 Å². The number of rotatable bonds is 6. The van der Waals surface area contributed by atoms with Crippen molar-refractivity contribution >= 4 is 6.03 Å². The molecule has 0 aliphatic carbocycles. The third kappa shape index (κ3) is 5.29. The fourth-order valence-corrected chi connectivity index (χ4v) is 2.02. The quantitative estimate of drug-likeness (QED) is 0.803. The molecule has 0 aliphatic rings. The summed E-state index contributed by atoms with van der Waals surface area (Å²) in [5, 5.41) is 5.28. The normalized spacial score (nSPS) is 10.2. The Hall–Kier alpha value is -2.56. The second-order valence-electron chi connectivity index (χ2n) is 5.30. The van der Waals surface area contributed by atoms with Gasteiger partial charge in [0.1, 0.15) is 18.2 Å². The Morgan fingerprint density at radius 2 is 1.87 bits per heavy atom. The highest BCUT2D eigenvalue weighted by atomic mass is 19.1. The van der Waals surface area contributed by atoms with Gasteiger partial charge in [0.2, 0.25) is 0 Å². The Morgan fingerprint density at radius 3 is 2.61 bits per heavy atom. The first-order valence-corrected chi connectivity index (χ1v) is 7.51. The van der Waals surface area contributed by atoms with Crippen molar-refractivity contribution in [2.45, 2.75) is 20.4 Å². The van der Waals surface area contributed by atoms with Crippen molar-refractivity contribution in [2.75, 3.05) is 13.2 Å². The van der Waals surface area contributed by atoms with Crippen LogP contribution in [-0.2, 0) is 6.54 Å². The van der Waals surface area contributed by atoms with Crippen LogP contribution in [0, 0.1) is 19.7 Å². The smallest absolute Gasteiger partial charge is 0.315 e. The van der Waals surface area contributed by atoms with E-state index in [1.807, 2.05) is 32.0 Å². The monoisotopic (exact) mass is 316 g/mol. The van der Waals surface area contributed by atoms with Crippen molar-refractivity contribution in [3.63, 3.8) is 0 Å². The number of carbonyl (C=O) groups excluding carboxylic acids is 1. The molecule has 122 valence electrons. The lowest BCUT2D eigenvalue weighted by Crippen LogP contribution is -2.37. The van der Waals surface area contributed by atoms with Crippen LogP contribution >= 0.6 is 0 Å². The third-order valence-corrected chi connectivity index (χ3v) is 3.53. The van der Waals surface area contributed by atoms with E-state index < -0.39 is 0 Å². The third-order valence-electron chi connectivity index (χ3n) is 3.53. The Balaban J connectivity index is 1.67. The summed E-state index contributed by atoms with van der Waals surface area (Å²) in [7, 11) is 0. The molecule has 0 bridgehead atoms. The number of aryl methyl sites for hydroxylation is 2. The van der Waals surface area contributed by atoms with Gasteiger partial charge in [-0.1, -0.05) is 24.3 Å². The van der Waals surface area contributed by atoms with Crippen molar-refractivity contribution in [3.8, 4) is 5.75 Å². The molecular weight excluding hydrogens is 295 g/mol. The highest BCUT2D eigenvalue weighted by Gasteiger charge is 2.04. The molecule has 2 aromatic rings. The van der Waals surface area contributed by atoms with E-state index in [9.17, 15) is 9.18 Å². The molecule has 0 heterocycles. The van der Waals surface area contributed by atoms with Crippen LogP contribution in [0.1, 0.15) is 16.7 Å². The molecule has 0 saturated carbocycles. The van der Waals surface area contributed by atoms with Crippen molar-refractivity contribution < 1.29 is 13.9 Å². The standard InChI is InChI=1S/C18H21FN2O2/c1-13-7-8-16(11-14(13)2)23-10-9-20-18(22)21-12-15-5-3-4-6-17(15)19/h3-8,11H,9-10,12H2,1-2H3,(H2,20,21,22). The minimum atomic E-state index is -0.350. The molecule has 0 fully saturated rings. The van der Waals surface area contributed by atoms with Gasteiger partial charge in [-0.2, -0.15) is 0 Å². The van der Waals surface area contributed by atoms with Gasteiger partial charge in [-0.15, -0.1) is 0 Å². The molecule has 0 unspecified atom stereocenters. The average Bonchev–Trinajstić information content (AvgIpc) is 2.54. The zero-order valence-corrected chi connectivity index (χ0v) is 13.4. The number of carbonyl (C=O) groups is 1. The number of hydrogen-bond donors (Lipinski definition) is 2. The molecule has 0 aromatic heterocycles. The second kappa shape index (κ2) is 8.17. The van der Waals surface area contributed by atoms with Gasteiger partial charge in [0.05, 0.1) is 6.54 Å². The van der Waals surface area contributed by atoms with Gasteiger partial charge in [0.25, 0.3) is 0 Å². The van der Waals surface area contributed by atoms with E-state index in [-0.39, 0.29) is 18.4 Å². The lowest BCUT2D eigenvalue weighted by molar-refractivity contribution is 0.236. The van der Waals surface area contributed by atoms with E-state index in [2.05, 4.69) is 10.6 Å². The number of ether oxygens (including phenoxy) is 1. The SMILES string of the molecule is Cc1ccc(OCCNC(=O)NCc2ccccc2F)cc1C. The number of halogens is 1. The first-order valence-electron chi connectivity index (χ1n) is 7.51. The molecule has 4 nitrogen and oxygen atoms in total. The summed E-state index contributed by atoms with van der Waals surface area (Å²) >= 11 is 0. The summed E-state index contributed by atoms with van der Waals surface area (Å²) in [5.41, 5.74) is 2.83. The van der Waals surface area contributed by atoms with Crippen LogP contribution < -0.4 is 15.4 Å². The number of nitrogens with one attached hydrogen (secondary N) is 2. The zero-order chi connectivity index (χ0) is 16.7. The minimum Gasteiger partial charge on any atom is -0.492 e. The molecule has 23 heavy (non-hydrogen) atoms. The maximum atomic E-state index is 13.4. The summed E-state index contributed by atoms with van der Waals surface area (Å²) in [6.45, 7) is 4.96. The van der Waals surface area contributed by atoms with Crippen molar-refractivity contribution in [1.29, 1.82) is 0 Å². The van der Waals surface area contributed by atoms with Gasteiger partial charge in [-0.25, -0.2) is 9.18 Å². The van der Waals surface area contributed by atoms with Gasteiger partial charge in [-0.3, -0.25) is 0 Å². The van der Waals surface area contributed by atoms with E-state index >= 15 is 0 Å². The molecule has 5 heteroatoms. The lowest BCUT2D eigenvalue weighted by Gasteiger charge is -2.10. The maximum absolute atomic E-state index is 13.4. The van der Waals surface area contributed by atoms with Crippen LogP contribution in [0.15, 0.2) is 42.5 Å². The van der Waals surface area contributed by atoms with Crippen molar-refractivity contribution in [1.82, 2.24) is 10.6 Å². The summed E-state index contributed by atoms with van der Waals surface area (Å²) in [5.74, 6) is 0.451. The molecule has 2 aromatic carbocycles. The molecular formula is C18H21FN2O2. The summed E-state index contributed by atoms with van der Waals surface area (Å²) < 4.78 is 19.0. The van der Waals surface area contributed by atoms with Gasteiger partial charge in [0.15, 0.2) is 0 Å². The van der Waals surface area contributed by atoms with E-state index in [4.69, 9.17) is 4.74 Å². The molecule has 2 rings (SSSR count). The Kier molecular flexibility index (Phi) is 5.97. The first kappa shape index (κ1) is 16.8. The fraction of sp³-hybridized carbons (Fsp3) is 0.278. The van der Waals surface area contributed by atoms with Crippen LogP contribution in [0.3, 0.4) is 0 Å². The van der Waals surface area contributed by atoms with E-state index in [1.165, 1.54) is 11.6 Å². The van der Waals surface area contributed by atoms with E-state index in [1.54, 1.807) is 18.2 Å². The number of hydrogen-bond acceptors (Lipinski definition) is 2. The number of benzene rings is 2. The van der Waals surface area contributed by atoms with E-state index in [0.717, 1.165) is 11.3 Å². The average molecular weight is 316 g/mol. The van der Waals surface area contributed by atoms with Gasteiger partial charge >= 0.3 is 6.03 Å². The summed E-state index contributed by atoms with van der Waals surface area (Å²) in [4.78, 5) is 11.6. The molecule has 0 spiro atoms.